The highest BCUT2D eigenvalue weighted by molar-refractivity contribution is 7.89. The SMILES string of the molecule is CCN(CC)S(=O)(=O)c1ccc(O)c(NC(=O)COc2ccccc2[N+](=O)[O-])c1. The molecule has 0 atom stereocenters. The Morgan fingerprint density at radius 2 is 1.86 bits per heavy atom. The second-order valence-corrected chi connectivity index (χ2v) is 7.77. The summed E-state index contributed by atoms with van der Waals surface area (Å²) in [6, 6.07) is 9.11. The van der Waals surface area contributed by atoms with Crippen molar-refractivity contribution >= 4 is 27.3 Å². The minimum atomic E-state index is -3.78. The Balaban J connectivity index is 2.16. The van der Waals surface area contributed by atoms with E-state index in [1.807, 2.05) is 0 Å². The smallest absolute Gasteiger partial charge is 0.310 e. The van der Waals surface area contributed by atoms with Crippen LogP contribution in [0.15, 0.2) is 47.4 Å². The number of phenolic OH excluding ortho intramolecular Hbond substituents is 1. The first kappa shape index (κ1) is 22.1. The van der Waals surface area contributed by atoms with E-state index in [2.05, 4.69) is 5.32 Å². The van der Waals surface area contributed by atoms with Gasteiger partial charge in [-0.3, -0.25) is 14.9 Å². The molecule has 0 aliphatic rings. The third-order valence-corrected chi connectivity index (χ3v) is 6.05. The van der Waals surface area contributed by atoms with E-state index in [4.69, 9.17) is 4.74 Å². The maximum Gasteiger partial charge on any atom is 0.310 e. The van der Waals surface area contributed by atoms with Gasteiger partial charge in [-0.25, -0.2) is 8.42 Å². The molecule has 2 aromatic carbocycles. The summed E-state index contributed by atoms with van der Waals surface area (Å²) in [5.74, 6) is -1.15. The number of rotatable bonds is 9. The molecule has 2 rings (SSSR count). The number of nitro groups is 1. The Hall–Kier alpha value is -3.18. The number of nitro benzene ring substituents is 1. The molecule has 156 valence electrons. The maximum absolute atomic E-state index is 12.6. The first-order valence-corrected chi connectivity index (χ1v) is 10.1. The molecular formula is C18H21N3O7S. The molecule has 1 amide bonds. The monoisotopic (exact) mass is 423 g/mol. The number of nitrogens with zero attached hydrogens (tertiary/aromatic N) is 2. The van der Waals surface area contributed by atoms with Gasteiger partial charge in [0, 0.05) is 19.2 Å². The number of ether oxygens (including phenoxy) is 1. The van der Waals surface area contributed by atoms with Crippen molar-refractivity contribution in [2.75, 3.05) is 25.0 Å². The maximum atomic E-state index is 12.6. The van der Waals surface area contributed by atoms with Crippen molar-refractivity contribution in [3.8, 4) is 11.5 Å². The van der Waals surface area contributed by atoms with Gasteiger partial charge in [0.05, 0.1) is 15.5 Å². The number of benzene rings is 2. The topological polar surface area (TPSA) is 139 Å². The van der Waals surface area contributed by atoms with E-state index in [0.717, 1.165) is 12.1 Å². The fourth-order valence-electron chi connectivity index (χ4n) is 2.55. The number of para-hydroxylation sites is 2. The molecule has 2 N–H and O–H groups in total. The highest BCUT2D eigenvalue weighted by atomic mass is 32.2. The molecule has 0 saturated carbocycles. The average molecular weight is 423 g/mol. The summed E-state index contributed by atoms with van der Waals surface area (Å²) < 4.78 is 31.6. The van der Waals surface area contributed by atoms with Gasteiger partial charge in [-0.2, -0.15) is 4.31 Å². The van der Waals surface area contributed by atoms with Gasteiger partial charge in [0.2, 0.25) is 10.0 Å². The number of hydrogen-bond donors (Lipinski definition) is 2. The first-order valence-electron chi connectivity index (χ1n) is 8.69. The fraction of sp³-hybridized carbons (Fsp3) is 0.278. The summed E-state index contributed by atoms with van der Waals surface area (Å²) in [7, 11) is -3.78. The Kier molecular flexibility index (Phi) is 7.13. The molecule has 0 unspecified atom stereocenters. The lowest BCUT2D eigenvalue weighted by Crippen LogP contribution is -2.30. The summed E-state index contributed by atoms with van der Waals surface area (Å²) in [4.78, 5) is 22.4. The molecule has 11 heteroatoms. The normalized spacial score (nSPS) is 11.3. The first-order chi connectivity index (χ1) is 13.7. The summed E-state index contributed by atoms with van der Waals surface area (Å²) in [5, 5.41) is 23.3. The van der Waals surface area contributed by atoms with E-state index >= 15 is 0 Å². The van der Waals surface area contributed by atoms with Gasteiger partial charge in [0.25, 0.3) is 5.91 Å². The van der Waals surface area contributed by atoms with Crippen molar-refractivity contribution in [3.05, 3.63) is 52.6 Å². The summed E-state index contributed by atoms with van der Waals surface area (Å²) in [5.41, 5.74) is -0.412. The van der Waals surface area contributed by atoms with Crippen LogP contribution in [-0.2, 0) is 14.8 Å². The number of carbonyl (C=O) groups excluding carboxylic acids is 1. The van der Waals surface area contributed by atoms with Crippen LogP contribution in [0.3, 0.4) is 0 Å². The van der Waals surface area contributed by atoms with Crippen molar-refractivity contribution < 1.29 is 28.0 Å². The third kappa shape index (κ3) is 5.21. The Bertz CT molecular complexity index is 1000. The lowest BCUT2D eigenvalue weighted by Gasteiger charge is -2.19. The second-order valence-electron chi connectivity index (χ2n) is 5.83. The van der Waals surface area contributed by atoms with Crippen LogP contribution in [0.1, 0.15) is 13.8 Å². The Morgan fingerprint density at radius 1 is 1.21 bits per heavy atom. The van der Waals surface area contributed by atoms with Crippen molar-refractivity contribution in [2.45, 2.75) is 18.7 Å². The predicted molar refractivity (Wildman–Crippen MR) is 105 cm³/mol. The third-order valence-electron chi connectivity index (χ3n) is 4.01. The van der Waals surface area contributed by atoms with Crippen LogP contribution in [0.25, 0.3) is 0 Å². The van der Waals surface area contributed by atoms with E-state index in [1.54, 1.807) is 13.8 Å². The minimum absolute atomic E-state index is 0.0882. The van der Waals surface area contributed by atoms with E-state index in [-0.39, 0.29) is 40.9 Å². The molecule has 0 aliphatic carbocycles. The highest BCUT2D eigenvalue weighted by Crippen LogP contribution is 2.29. The zero-order valence-corrected chi connectivity index (χ0v) is 16.7. The van der Waals surface area contributed by atoms with Crippen molar-refractivity contribution in [1.82, 2.24) is 4.31 Å². The van der Waals surface area contributed by atoms with Crippen LogP contribution < -0.4 is 10.1 Å². The minimum Gasteiger partial charge on any atom is -0.506 e. The molecule has 2 aromatic rings. The number of hydrogen-bond acceptors (Lipinski definition) is 7. The van der Waals surface area contributed by atoms with Crippen LogP contribution in [0.4, 0.5) is 11.4 Å². The lowest BCUT2D eigenvalue weighted by molar-refractivity contribution is -0.385. The summed E-state index contributed by atoms with van der Waals surface area (Å²) in [6.07, 6.45) is 0. The molecule has 0 spiro atoms. The van der Waals surface area contributed by atoms with Gasteiger partial charge in [0.1, 0.15) is 5.75 Å². The second kappa shape index (κ2) is 9.34. The van der Waals surface area contributed by atoms with E-state index in [9.17, 15) is 28.4 Å². The van der Waals surface area contributed by atoms with Crippen molar-refractivity contribution in [2.24, 2.45) is 0 Å². The van der Waals surface area contributed by atoms with Crippen molar-refractivity contribution in [1.29, 1.82) is 0 Å². The number of carbonyl (C=O) groups is 1. The van der Waals surface area contributed by atoms with E-state index in [1.165, 1.54) is 34.6 Å². The van der Waals surface area contributed by atoms with Gasteiger partial charge in [0.15, 0.2) is 12.4 Å². The molecule has 10 nitrogen and oxygen atoms in total. The molecule has 0 bridgehead atoms. The van der Waals surface area contributed by atoms with E-state index in [0.29, 0.717) is 0 Å². The molecule has 29 heavy (non-hydrogen) atoms. The predicted octanol–water partition coefficient (Wildman–Crippen LogP) is 2.35. The number of aromatic hydroxyl groups is 1. The highest BCUT2D eigenvalue weighted by Gasteiger charge is 2.23. The quantitative estimate of drug-likeness (QED) is 0.358. The Labute approximate surface area is 167 Å². The van der Waals surface area contributed by atoms with Gasteiger partial charge in [-0.15, -0.1) is 0 Å². The Morgan fingerprint density at radius 3 is 2.48 bits per heavy atom. The average Bonchev–Trinajstić information content (AvgIpc) is 2.68. The zero-order chi connectivity index (χ0) is 21.6. The van der Waals surface area contributed by atoms with Gasteiger partial charge in [-0.05, 0) is 24.3 Å². The number of sulfonamides is 1. The number of nitrogens with one attached hydrogen (secondary N) is 1. The van der Waals surface area contributed by atoms with Crippen LogP contribution >= 0.6 is 0 Å². The fourth-order valence-corrected chi connectivity index (χ4v) is 4.03. The van der Waals surface area contributed by atoms with E-state index < -0.39 is 27.5 Å². The van der Waals surface area contributed by atoms with Gasteiger partial charge >= 0.3 is 5.69 Å². The summed E-state index contributed by atoms with van der Waals surface area (Å²) in [6.45, 7) is 3.36. The molecular weight excluding hydrogens is 402 g/mol. The standard InChI is InChI=1S/C18H21N3O7S/c1-3-20(4-2)29(26,27)13-9-10-16(22)14(11-13)19-18(23)12-28-17-8-6-5-7-15(17)21(24)25/h5-11,22H,3-4,12H2,1-2H3,(H,19,23). The number of anilines is 1. The molecule has 0 saturated heterocycles. The molecule has 0 aromatic heterocycles. The zero-order valence-electron chi connectivity index (χ0n) is 15.9. The van der Waals surface area contributed by atoms with Crippen molar-refractivity contribution in [3.63, 3.8) is 0 Å². The molecule has 0 radical (unpaired) electrons. The lowest BCUT2D eigenvalue weighted by atomic mass is 10.3. The number of phenols is 1. The van der Waals surface area contributed by atoms with Crippen LogP contribution in [0.5, 0.6) is 11.5 Å². The van der Waals surface area contributed by atoms with Gasteiger partial charge < -0.3 is 15.2 Å². The summed E-state index contributed by atoms with van der Waals surface area (Å²) >= 11 is 0. The molecule has 0 heterocycles. The van der Waals surface area contributed by atoms with Crippen LogP contribution in [0.2, 0.25) is 0 Å². The van der Waals surface area contributed by atoms with Crippen LogP contribution in [0, 0.1) is 10.1 Å². The largest absolute Gasteiger partial charge is 0.506 e. The molecule has 0 aliphatic heterocycles. The van der Waals surface area contributed by atoms with Gasteiger partial charge in [-0.1, -0.05) is 26.0 Å². The van der Waals surface area contributed by atoms with Crippen LogP contribution in [-0.4, -0.2) is 48.4 Å². The number of amides is 1. The molecule has 0 fully saturated rings.